The molecule has 0 amide bonds. The highest BCUT2D eigenvalue weighted by Gasteiger charge is 2.36. The summed E-state index contributed by atoms with van der Waals surface area (Å²) in [5.74, 6) is -1.33. The van der Waals surface area contributed by atoms with Gasteiger partial charge < -0.3 is 14.2 Å². The number of carbonyl (C=O) groups excluding carboxylic acids is 2. The molecule has 5 nitrogen and oxygen atoms in total. The monoisotopic (exact) mass is 272 g/mol. The molecular formula is C14H24O5. The van der Waals surface area contributed by atoms with E-state index in [0.717, 1.165) is 0 Å². The number of carbonyl (C=O) groups is 2. The second-order valence-corrected chi connectivity index (χ2v) is 5.90. The number of ether oxygens (including phenoxy) is 3. The molecule has 1 aliphatic rings. The van der Waals surface area contributed by atoms with Crippen molar-refractivity contribution in [3.8, 4) is 0 Å². The van der Waals surface area contributed by atoms with Crippen LogP contribution in [0.3, 0.4) is 0 Å². The molecular weight excluding hydrogens is 248 g/mol. The number of hydrogen-bond donors (Lipinski definition) is 0. The third-order valence-corrected chi connectivity index (χ3v) is 3.04. The molecule has 1 rings (SSSR count). The Kier molecular flexibility index (Phi) is 5.50. The molecule has 0 aromatic carbocycles. The number of hydrogen-bond acceptors (Lipinski definition) is 5. The first-order valence-electron chi connectivity index (χ1n) is 6.72. The highest BCUT2D eigenvalue weighted by Crippen LogP contribution is 2.31. The molecule has 0 radical (unpaired) electrons. The third kappa shape index (κ3) is 5.70. The highest BCUT2D eigenvalue weighted by atomic mass is 16.7. The van der Waals surface area contributed by atoms with E-state index in [1.807, 2.05) is 6.92 Å². The van der Waals surface area contributed by atoms with Crippen LogP contribution >= 0.6 is 0 Å². The Bertz CT molecular complexity index is 325. The van der Waals surface area contributed by atoms with Crippen LogP contribution in [0.1, 0.15) is 47.0 Å². The summed E-state index contributed by atoms with van der Waals surface area (Å²) in [6.45, 7) is 9.20. The van der Waals surface area contributed by atoms with Gasteiger partial charge in [0.05, 0.1) is 19.8 Å². The van der Waals surface area contributed by atoms with Crippen molar-refractivity contribution in [2.75, 3.05) is 19.8 Å². The Morgan fingerprint density at radius 3 is 2.26 bits per heavy atom. The van der Waals surface area contributed by atoms with E-state index in [-0.39, 0.29) is 24.0 Å². The third-order valence-electron chi connectivity index (χ3n) is 3.04. The van der Waals surface area contributed by atoms with Crippen LogP contribution in [0.5, 0.6) is 0 Å². The summed E-state index contributed by atoms with van der Waals surface area (Å²) >= 11 is 0. The molecule has 1 heterocycles. The van der Waals surface area contributed by atoms with E-state index in [9.17, 15) is 9.59 Å². The predicted octanol–water partition coefficient (Wildman–Crippen LogP) is 2.08. The normalized spacial score (nSPS) is 20.8. The summed E-state index contributed by atoms with van der Waals surface area (Å²) in [5.41, 5.74) is 0.00838. The Labute approximate surface area is 114 Å². The predicted molar refractivity (Wildman–Crippen MR) is 69.6 cm³/mol. The summed E-state index contributed by atoms with van der Waals surface area (Å²) in [7, 11) is 0. The van der Waals surface area contributed by atoms with Gasteiger partial charge in [-0.3, -0.25) is 9.59 Å². The van der Waals surface area contributed by atoms with Gasteiger partial charge in [-0.05, 0) is 13.8 Å². The molecule has 0 atom stereocenters. The zero-order valence-electron chi connectivity index (χ0n) is 12.3. The lowest BCUT2D eigenvalue weighted by atomic mass is 9.94. The van der Waals surface area contributed by atoms with Gasteiger partial charge in [0.2, 0.25) is 0 Å². The minimum absolute atomic E-state index is 0.00838. The molecule has 19 heavy (non-hydrogen) atoms. The maximum Gasteiger partial charge on any atom is 0.313 e. The molecule has 0 aromatic heterocycles. The van der Waals surface area contributed by atoms with Crippen LogP contribution in [0.4, 0.5) is 0 Å². The smallest absolute Gasteiger partial charge is 0.313 e. The van der Waals surface area contributed by atoms with Gasteiger partial charge in [-0.2, -0.15) is 0 Å². The van der Waals surface area contributed by atoms with Gasteiger partial charge in [0.1, 0.15) is 12.2 Å². The van der Waals surface area contributed by atoms with Crippen molar-refractivity contribution in [3.63, 3.8) is 0 Å². The van der Waals surface area contributed by atoms with Crippen molar-refractivity contribution in [2.24, 2.45) is 5.41 Å². The van der Waals surface area contributed by atoms with Crippen molar-refractivity contribution in [1.82, 2.24) is 0 Å². The Balaban J connectivity index is 2.32. The van der Waals surface area contributed by atoms with E-state index in [1.54, 1.807) is 6.92 Å². The fourth-order valence-electron chi connectivity index (χ4n) is 1.75. The zero-order chi connectivity index (χ0) is 14.5. The second-order valence-electron chi connectivity index (χ2n) is 5.90. The van der Waals surface area contributed by atoms with Gasteiger partial charge in [-0.15, -0.1) is 0 Å². The minimum Gasteiger partial charge on any atom is -0.466 e. The van der Waals surface area contributed by atoms with Crippen molar-refractivity contribution in [1.29, 1.82) is 0 Å². The first kappa shape index (κ1) is 16.1. The molecule has 0 aromatic rings. The summed E-state index contributed by atoms with van der Waals surface area (Å²) < 4.78 is 16.1. The van der Waals surface area contributed by atoms with Crippen molar-refractivity contribution in [3.05, 3.63) is 0 Å². The van der Waals surface area contributed by atoms with Crippen molar-refractivity contribution < 1.29 is 23.8 Å². The molecule has 1 fully saturated rings. The minimum atomic E-state index is -0.722. The van der Waals surface area contributed by atoms with Crippen LogP contribution in [0.2, 0.25) is 0 Å². The first-order valence-corrected chi connectivity index (χ1v) is 6.72. The van der Waals surface area contributed by atoms with E-state index in [0.29, 0.717) is 26.2 Å². The average Bonchev–Trinajstić information content (AvgIpc) is 2.32. The van der Waals surface area contributed by atoms with Crippen molar-refractivity contribution in [2.45, 2.75) is 52.7 Å². The van der Waals surface area contributed by atoms with Gasteiger partial charge in [-0.1, -0.05) is 13.8 Å². The van der Waals surface area contributed by atoms with Crippen LogP contribution in [-0.4, -0.2) is 37.4 Å². The highest BCUT2D eigenvalue weighted by molar-refractivity contribution is 5.95. The number of ketones is 1. The fourth-order valence-corrected chi connectivity index (χ4v) is 1.75. The molecule has 0 unspecified atom stereocenters. The van der Waals surface area contributed by atoms with E-state index in [1.165, 1.54) is 0 Å². The molecule has 110 valence electrons. The van der Waals surface area contributed by atoms with Crippen molar-refractivity contribution >= 4 is 11.8 Å². The molecule has 0 bridgehead atoms. The Morgan fingerprint density at radius 2 is 1.74 bits per heavy atom. The van der Waals surface area contributed by atoms with E-state index >= 15 is 0 Å². The standard InChI is InChI=1S/C14H24O5/c1-5-17-12(16)8-11(15)6-7-14(4)18-9-13(2,3)10-19-14/h5-10H2,1-4H3. The van der Waals surface area contributed by atoms with E-state index in [4.69, 9.17) is 14.2 Å². The Hall–Kier alpha value is -0.940. The Morgan fingerprint density at radius 1 is 1.16 bits per heavy atom. The largest absolute Gasteiger partial charge is 0.466 e. The van der Waals surface area contributed by atoms with E-state index in [2.05, 4.69) is 13.8 Å². The molecule has 0 aliphatic carbocycles. The topological polar surface area (TPSA) is 61.8 Å². The van der Waals surface area contributed by atoms with E-state index < -0.39 is 11.8 Å². The summed E-state index contributed by atoms with van der Waals surface area (Å²) in [6.07, 6.45) is 0.548. The summed E-state index contributed by atoms with van der Waals surface area (Å²) in [5, 5.41) is 0. The van der Waals surface area contributed by atoms with Crippen LogP contribution < -0.4 is 0 Å². The van der Waals surface area contributed by atoms with Gasteiger partial charge in [-0.25, -0.2) is 0 Å². The maximum absolute atomic E-state index is 11.6. The lowest BCUT2D eigenvalue weighted by Crippen LogP contribution is -2.45. The summed E-state index contributed by atoms with van der Waals surface area (Å²) in [6, 6.07) is 0. The molecule has 0 saturated carbocycles. The maximum atomic E-state index is 11.6. The molecule has 1 saturated heterocycles. The number of rotatable bonds is 6. The fraction of sp³-hybridized carbons (Fsp3) is 0.857. The molecule has 0 spiro atoms. The zero-order valence-corrected chi connectivity index (χ0v) is 12.3. The number of Topliss-reactive ketones (excluding diaryl/α,β-unsaturated/α-hetero) is 1. The summed E-state index contributed by atoms with van der Waals surface area (Å²) in [4.78, 5) is 22.8. The van der Waals surface area contributed by atoms with Crippen LogP contribution in [-0.2, 0) is 23.8 Å². The van der Waals surface area contributed by atoms with Gasteiger partial charge in [0.25, 0.3) is 0 Å². The lowest BCUT2D eigenvalue weighted by molar-refractivity contribution is -0.291. The van der Waals surface area contributed by atoms with Gasteiger partial charge >= 0.3 is 5.97 Å². The molecule has 1 aliphatic heterocycles. The van der Waals surface area contributed by atoms with Crippen LogP contribution in [0.15, 0.2) is 0 Å². The van der Waals surface area contributed by atoms with Crippen LogP contribution in [0, 0.1) is 5.41 Å². The average molecular weight is 272 g/mol. The quantitative estimate of drug-likeness (QED) is 0.547. The SMILES string of the molecule is CCOC(=O)CC(=O)CCC1(C)OCC(C)(C)CO1. The van der Waals surface area contributed by atoms with Gasteiger partial charge in [0.15, 0.2) is 5.79 Å². The van der Waals surface area contributed by atoms with Crippen LogP contribution in [0.25, 0.3) is 0 Å². The molecule has 0 N–H and O–H groups in total. The first-order chi connectivity index (χ1) is 8.76. The number of esters is 1. The van der Waals surface area contributed by atoms with Gasteiger partial charge in [0, 0.05) is 18.3 Å². The molecule has 5 heteroatoms. The lowest BCUT2D eigenvalue weighted by Gasteiger charge is -2.41. The second kappa shape index (κ2) is 6.48.